The van der Waals surface area contributed by atoms with Crippen LogP contribution in [0.4, 0.5) is 0 Å². The van der Waals surface area contributed by atoms with Crippen molar-refractivity contribution in [3.63, 3.8) is 0 Å². The molecule has 1 saturated heterocycles. The van der Waals surface area contributed by atoms with Gasteiger partial charge in [0.05, 0.1) is 6.26 Å². The second-order valence-corrected chi connectivity index (χ2v) is 4.86. The van der Waals surface area contributed by atoms with Crippen molar-refractivity contribution in [2.45, 2.75) is 26.2 Å². The van der Waals surface area contributed by atoms with Crippen molar-refractivity contribution in [1.82, 2.24) is 15.5 Å². The molecule has 0 bridgehead atoms. The van der Waals surface area contributed by atoms with Crippen LogP contribution in [-0.2, 0) is 6.42 Å². The molecule has 0 amide bonds. The van der Waals surface area contributed by atoms with E-state index in [0.29, 0.717) is 23.4 Å². The highest BCUT2D eigenvalue weighted by Crippen LogP contribution is 2.22. The van der Waals surface area contributed by atoms with E-state index in [2.05, 4.69) is 15.5 Å². The molecule has 0 aliphatic carbocycles. The molecule has 0 spiro atoms. The predicted octanol–water partition coefficient (Wildman–Crippen LogP) is 2.18. The number of nitrogens with one attached hydrogen (secondary N) is 1. The Morgan fingerprint density at radius 2 is 2.44 bits per heavy atom. The molecular formula is C13H17N3O2. The summed E-state index contributed by atoms with van der Waals surface area (Å²) >= 11 is 0. The first-order chi connectivity index (χ1) is 8.83. The number of hydrogen-bond donors (Lipinski definition) is 1. The van der Waals surface area contributed by atoms with Gasteiger partial charge in [-0.15, -0.1) is 0 Å². The lowest BCUT2D eigenvalue weighted by Crippen LogP contribution is -2.30. The lowest BCUT2D eigenvalue weighted by molar-refractivity contribution is 0.316. The molecule has 0 aromatic carbocycles. The van der Waals surface area contributed by atoms with Crippen LogP contribution in [0.5, 0.6) is 0 Å². The van der Waals surface area contributed by atoms with E-state index in [1.54, 1.807) is 6.26 Å². The molecule has 1 unspecified atom stereocenters. The number of furan rings is 1. The molecule has 3 rings (SSSR count). The molecule has 0 radical (unpaired) electrons. The lowest BCUT2D eigenvalue weighted by atomic mass is 9.96. The van der Waals surface area contributed by atoms with Crippen LogP contribution in [0, 0.1) is 12.8 Å². The van der Waals surface area contributed by atoms with E-state index in [0.717, 1.165) is 25.1 Å². The highest BCUT2D eigenvalue weighted by atomic mass is 16.5. The topological polar surface area (TPSA) is 64.1 Å². The minimum absolute atomic E-state index is 0.552. The summed E-state index contributed by atoms with van der Waals surface area (Å²) < 4.78 is 10.7. The molecule has 2 aromatic heterocycles. The number of aromatic nitrogens is 2. The highest BCUT2D eigenvalue weighted by molar-refractivity contribution is 5.50. The van der Waals surface area contributed by atoms with Crippen LogP contribution in [-0.4, -0.2) is 23.2 Å². The third-order valence-corrected chi connectivity index (χ3v) is 3.40. The minimum atomic E-state index is 0.552. The summed E-state index contributed by atoms with van der Waals surface area (Å²) in [6.45, 7) is 4.13. The highest BCUT2D eigenvalue weighted by Gasteiger charge is 2.19. The van der Waals surface area contributed by atoms with Crippen LogP contribution in [0.15, 0.2) is 21.3 Å². The van der Waals surface area contributed by atoms with Gasteiger partial charge in [-0.25, -0.2) is 0 Å². The van der Waals surface area contributed by atoms with E-state index < -0.39 is 0 Å². The van der Waals surface area contributed by atoms with Gasteiger partial charge in [0, 0.05) is 6.42 Å². The van der Waals surface area contributed by atoms with Crippen LogP contribution in [0.1, 0.15) is 24.3 Å². The fourth-order valence-corrected chi connectivity index (χ4v) is 2.38. The average Bonchev–Trinajstić information content (AvgIpc) is 2.99. The largest absolute Gasteiger partial charge is 0.461 e. The van der Waals surface area contributed by atoms with Crippen molar-refractivity contribution < 1.29 is 8.94 Å². The number of hydrogen-bond acceptors (Lipinski definition) is 5. The summed E-state index contributed by atoms with van der Waals surface area (Å²) in [4.78, 5) is 4.41. The average molecular weight is 247 g/mol. The van der Waals surface area contributed by atoms with Gasteiger partial charge in [-0.1, -0.05) is 5.16 Å². The molecule has 1 fully saturated rings. The fraction of sp³-hybridized carbons (Fsp3) is 0.538. The molecule has 1 N–H and O–H groups in total. The van der Waals surface area contributed by atoms with Crippen LogP contribution in [0.25, 0.3) is 11.6 Å². The van der Waals surface area contributed by atoms with Gasteiger partial charge in [0.15, 0.2) is 5.76 Å². The SMILES string of the molecule is Cc1ccoc1-c1noc(CC2CCCNC2)n1. The predicted molar refractivity (Wildman–Crippen MR) is 66.0 cm³/mol. The van der Waals surface area contributed by atoms with E-state index in [-0.39, 0.29) is 0 Å². The molecule has 1 aliphatic heterocycles. The Morgan fingerprint density at radius 3 is 3.17 bits per heavy atom. The van der Waals surface area contributed by atoms with Gasteiger partial charge in [-0.3, -0.25) is 0 Å². The van der Waals surface area contributed by atoms with Crippen LogP contribution < -0.4 is 5.32 Å². The Labute approximate surface area is 106 Å². The van der Waals surface area contributed by atoms with E-state index in [9.17, 15) is 0 Å². The van der Waals surface area contributed by atoms with Crippen molar-refractivity contribution in [2.75, 3.05) is 13.1 Å². The Balaban J connectivity index is 1.71. The fourth-order valence-electron chi connectivity index (χ4n) is 2.38. The Kier molecular flexibility index (Phi) is 3.15. The molecule has 0 saturated carbocycles. The van der Waals surface area contributed by atoms with Gasteiger partial charge >= 0.3 is 0 Å². The van der Waals surface area contributed by atoms with Gasteiger partial charge in [0.25, 0.3) is 0 Å². The van der Waals surface area contributed by atoms with Crippen molar-refractivity contribution in [2.24, 2.45) is 5.92 Å². The van der Waals surface area contributed by atoms with Gasteiger partial charge in [-0.2, -0.15) is 4.98 Å². The molecule has 2 aromatic rings. The maximum absolute atomic E-state index is 5.36. The van der Waals surface area contributed by atoms with Gasteiger partial charge in [-0.05, 0) is 50.4 Å². The zero-order valence-electron chi connectivity index (χ0n) is 10.5. The van der Waals surface area contributed by atoms with Crippen LogP contribution >= 0.6 is 0 Å². The van der Waals surface area contributed by atoms with Gasteiger partial charge < -0.3 is 14.3 Å². The van der Waals surface area contributed by atoms with Gasteiger partial charge in [0.2, 0.25) is 11.7 Å². The van der Waals surface area contributed by atoms with E-state index in [4.69, 9.17) is 8.94 Å². The summed E-state index contributed by atoms with van der Waals surface area (Å²) in [7, 11) is 0. The number of piperidine rings is 1. The third kappa shape index (κ3) is 2.31. The molecule has 1 aliphatic rings. The second kappa shape index (κ2) is 4.94. The smallest absolute Gasteiger partial charge is 0.238 e. The maximum Gasteiger partial charge on any atom is 0.238 e. The molecule has 18 heavy (non-hydrogen) atoms. The van der Waals surface area contributed by atoms with Crippen molar-refractivity contribution in [1.29, 1.82) is 0 Å². The Morgan fingerprint density at radius 1 is 1.50 bits per heavy atom. The summed E-state index contributed by atoms with van der Waals surface area (Å²) in [6, 6.07) is 1.90. The van der Waals surface area contributed by atoms with Crippen LogP contribution in [0.3, 0.4) is 0 Å². The third-order valence-electron chi connectivity index (χ3n) is 3.40. The minimum Gasteiger partial charge on any atom is -0.461 e. The zero-order chi connectivity index (χ0) is 12.4. The first-order valence-electron chi connectivity index (χ1n) is 6.40. The lowest BCUT2D eigenvalue weighted by Gasteiger charge is -2.20. The van der Waals surface area contributed by atoms with Crippen molar-refractivity contribution >= 4 is 0 Å². The second-order valence-electron chi connectivity index (χ2n) is 4.86. The maximum atomic E-state index is 5.36. The van der Waals surface area contributed by atoms with Crippen molar-refractivity contribution in [3.05, 3.63) is 23.8 Å². The number of rotatable bonds is 3. The summed E-state index contributed by atoms with van der Waals surface area (Å²) in [5.74, 6) is 2.56. The molecular weight excluding hydrogens is 230 g/mol. The zero-order valence-corrected chi connectivity index (χ0v) is 10.5. The first kappa shape index (κ1) is 11.5. The monoisotopic (exact) mass is 247 g/mol. The summed E-state index contributed by atoms with van der Waals surface area (Å²) in [6.07, 6.45) is 4.94. The van der Waals surface area contributed by atoms with E-state index in [1.807, 2.05) is 13.0 Å². The van der Waals surface area contributed by atoms with Crippen LogP contribution in [0.2, 0.25) is 0 Å². The van der Waals surface area contributed by atoms with Crippen molar-refractivity contribution in [3.8, 4) is 11.6 Å². The van der Waals surface area contributed by atoms with E-state index >= 15 is 0 Å². The first-order valence-corrected chi connectivity index (χ1v) is 6.40. The molecule has 5 nitrogen and oxygen atoms in total. The molecule has 1 atom stereocenters. The summed E-state index contributed by atoms with van der Waals surface area (Å²) in [5, 5.41) is 7.37. The molecule has 5 heteroatoms. The normalized spacial score (nSPS) is 20.2. The Bertz CT molecular complexity index is 512. The Hall–Kier alpha value is -1.62. The number of nitrogens with zero attached hydrogens (tertiary/aromatic N) is 2. The standard InChI is InChI=1S/C13H17N3O2/c1-9-4-6-17-12(9)13-15-11(18-16-13)7-10-3-2-5-14-8-10/h4,6,10,14H,2-3,5,7-8H2,1H3. The molecule has 96 valence electrons. The summed E-state index contributed by atoms with van der Waals surface area (Å²) in [5.41, 5.74) is 1.03. The van der Waals surface area contributed by atoms with Gasteiger partial charge in [0.1, 0.15) is 0 Å². The van der Waals surface area contributed by atoms with E-state index in [1.165, 1.54) is 12.8 Å². The molecule has 3 heterocycles. The quantitative estimate of drug-likeness (QED) is 0.900. The number of aryl methyl sites for hydroxylation is 1.